The third-order valence-electron chi connectivity index (χ3n) is 3.36. The quantitative estimate of drug-likeness (QED) is 0.868. The summed E-state index contributed by atoms with van der Waals surface area (Å²) in [6.45, 7) is 4.79. The van der Waals surface area contributed by atoms with Crippen LogP contribution < -0.4 is 10.5 Å². The van der Waals surface area contributed by atoms with Crippen molar-refractivity contribution in [3.05, 3.63) is 35.0 Å². The molecule has 0 aliphatic rings. The molecular weight excluding hydrogens is 226 g/mol. The van der Waals surface area contributed by atoms with Gasteiger partial charge in [-0.05, 0) is 55.6 Å². The second-order valence-electron chi connectivity index (χ2n) is 4.37. The van der Waals surface area contributed by atoms with Crippen LogP contribution in [0.4, 0.5) is 0 Å². The van der Waals surface area contributed by atoms with Gasteiger partial charge in [0.1, 0.15) is 5.75 Å². The van der Waals surface area contributed by atoms with Crippen LogP contribution in [0.5, 0.6) is 5.75 Å². The van der Waals surface area contributed by atoms with Crippen molar-refractivity contribution in [2.45, 2.75) is 20.3 Å². The molecule has 0 aliphatic heterocycles. The zero-order chi connectivity index (χ0) is 13.1. The number of nitrogens with zero attached hydrogens (tertiary/aromatic N) is 1. The van der Waals surface area contributed by atoms with Crippen LogP contribution in [0.3, 0.4) is 0 Å². The fraction of sp³-hybridized carbons (Fsp3) is 0.357. The first-order valence-electron chi connectivity index (χ1n) is 6.06. The predicted octanol–water partition coefficient (Wildman–Crippen LogP) is 2.20. The highest BCUT2D eigenvalue weighted by Crippen LogP contribution is 2.31. The molecule has 18 heavy (non-hydrogen) atoms. The van der Waals surface area contributed by atoms with Crippen LogP contribution in [0, 0.1) is 13.8 Å². The molecule has 4 heteroatoms. The Labute approximate surface area is 107 Å². The Morgan fingerprint density at radius 2 is 2.06 bits per heavy atom. The molecule has 0 saturated carbocycles. The summed E-state index contributed by atoms with van der Waals surface area (Å²) in [4.78, 5) is 0. The average Bonchev–Trinajstić information content (AvgIpc) is 2.81. The average molecular weight is 245 g/mol. The largest absolute Gasteiger partial charge is 0.496 e. The Kier molecular flexibility index (Phi) is 3.67. The lowest BCUT2D eigenvalue weighted by Gasteiger charge is -2.12. The molecule has 96 valence electrons. The summed E-state index contributed by atoms with van der Waals surface area (Å²) >= 11 is 0. The predicted molar refractivity (Wildman–Crippen MR) is 72.8 cm³/mol. The zero-order valence-corrected chi connectivity index (χ0v) is 11.1. The van der Waals surface area contributed by atoms with Crippen molar-refractivity contribution in [1.29, 1.82) is 0 Å². The van der Waals surface area contributed by atoms with Crippen molar-refractivity contribution < 1.29 is 4.74 Å². The van der Waals surface area contributed by atoms with E-state index in [4.69, 9.17) is 10.5 Å². The van der Waals surface area contributed by atoms with E-state index in [0.29, 0.717) is 6.54 Å². The Hall–Kier alpha value is -1.81. The van der Waals surface area contributed by atoms with E-state index in [2.05, 4.69) is 30.1 Å². The number of rotatable bonds is 4. The summed E-state index contributed by atoms with van der Waals surface area (Å²) in [5, 5.41) is 7.18. The molecule has 0 atom stereocenters. The van der Waals surface area contributed by atoms with E-state index in [0.717, 1.165) is 34.6 Å². The molecule has 0 fully saturated rings. The number of nitrogens with two attached hydrogens (primary N) is 1. The highest BCUT2D eigenvalue weighted by Gasteiger charge is 2.12. The smallest absolute Gasteiger partial charge is 0.122 e. The first-order chi connectivity index (χ1) is 8.69. The number of H-pyrrole nitrogens is 1. The highest BCUT2D eigenvalue weighted by molar-refractivity contribution is 5.69. The third-order valence-corrected chi connectivity index (χ3v) is 3.36. The molecule has 0 bridgehead atoms. The third kappa shape index (κ3) is 2.11. The van der Waals surface area contributed by atoms with Gasteiger partial charge in [-0.2, -0.15) is 5.10 Å². The zero-order valence-electron chi connectivity index (χ0n) is 11.1. The maximum atomic E-state index is 5.62. The number of hydrogen-bond donors (Lipinski definition) is 2. The topological polar surface area (TPSA) is 63.9 Å². The minimum atomic E-state index is 0.626. The molecular formula is C14H19N3O. The molecule has 3 N–H and O–H groups in total. The number of aromatic amines is 1. The summed E-state index contributed by atoms with van der Waals surface area (Å²) in [7, 11) is 1.69. The van der Waals surface area contributed by atoms with Gasteiger partial charge in [0.15, 0.2) is 0 Å². The van der Waals surface area contributed by atoms with Crippen molar-refractivity contribution in [3.8, 4) is 17.0 Å². The lowest BCUT2D eigenvalue weighted by molar-refractivity contribution is 0.411. The van der Waals surface area contributed by atoms with Gasteiger partial charge < -0.3 is 10.5 Å². The normalized spacial score (nSPS) is 10.7. The number of hydrogen-bond acceptors (Lipinski definition) is 3. The minimum absolute atomic E-state index is 0.626. The Balaban J connectivity index is 2.51. The molecule has 1 heterocycles. The van der Waals surface area contributed by atoms with Gasteiger partial charge in [-0.25, -0.2) is 0 Å². The van der Waals surface area contributed by atoms with Crippen LogP contribution >= 0.6 is 0 Å². The second kappa shape index (κ2) is 5.23. The summed E-state index contributed by atoms with van der Waals surface area (Å²) in [6, 6.07) is 4.05. The van der Waals surface area contributed by atoms with Crippen molar-refractivity contribution in [1.82, 2.24) is 10.2 Å². The standard InChI is InChI=1S/C14H19N3O/c1-9-10(2)13(18-3)5-4-12(9)14-11(6-7-15)8-16-17-14/h4-5,8H,6-7,15H2,1-3H3,(H,16,17). The van der Waals surface area contributed by atoms with Crippen LogP contribution in [-0.4, -0.2) is 23.9 Å². The van der Waals surface area contributed by atoms with E-state index in [1.54, 1.807) is 7.11 Å². The lowest BCUT2D eigenvalue weighted by Crippen LogP contribution is -2.03. The Bertz CT molecular complexity index is 546. The molecule has 0 unspecified atom stereocenters. The molecule has 0 saturated heterocycles. The molecule has 0 aliphatic carbocycles. The van der Waals surface area contributed by atoms with E-state index in [-0.39, 0.29) is 0 Å². The number of aromatic nitrogens is 2. The van der Waals surface area contributed by atoms with Crippen LogP contribution in [0.2, 0.25) is 0 Å². The summed E-state index contributed by atoms with van der Waals surface area (Å²) < 4.78 is 5.33. The molecule has 2 aromatic rings. The van der Waals surface area contributed by atoms with Gasteiger partial charge in [0, 0.05) is 5.56 Å². The summed E-state index contributed by atoms with van der Waals surface area (Å²) in [6.07, 6.45) is 2.68. The van der Waals surface area contributed by atoms with E-state index in [1.807, 2.05) is 12.3 Å². The Morgan fingerprint density at radius 1 is 1.28 bits per heavy atom. The fourth-order valence-corrected chi connectivity index (χ4v) is 2.18. The van der Waals surface area contributed by atoms with E-state index in [9.17, 15) is 0 Å². The molecule has 0 spiro atoms. The van der Waals surface area contributed by atoms with Crippen molar-refractivity contribution in [2.24, 2.45) is 5.73 Å². The molecule has 4 nitrogen and oxygen atoms in total. The van der Waals surface area contributed by atoms with Crippen molar-refractivity contribution in [2.75, 3.05) is 13.7 Å². The molecule has 1 aromatic carbocycles. The van der Waals surface area contributed by atoms with E-state index in [1.165, 1.54) is 5.56 Å². The van der Waals surface area contributed by atoms with E-state index < -0.39 is 0 Å². The first kappa shape index (κ1) is 12.6. The molecule has 2 rings (SSSR count). The minimum Gasteiger partial charge on any atom is -0.496 e. The van der Waals surface area contributed by atoms with E-state index >= 15 is 0 Å². The lowest BCUT2D eigenvalue weighted by atomic mass is 9.97. The van der Waals surface area contributed by atoms with Gasteiger partial charge in [0.05, 0.1) is 19.0 Å². The maximum absolute atomic E-state index is 5.62. The molecule has 0 radical (unpaired) electrons. The van der Waals surface area contributed by atoms with Crippen molar-refractivity contribution in [3.63, 3.8) is 0 Å². The number of methoxy groups -OCH3 is 1. The monoisotopic (exact) mass is 245 g/mol. The van der Waals surface area contributed by atoms with Gasteiger partial charge in [-0.1, -0.05) is 0 Å². The molecule has 0 amide bonds. The first-order valence-corrected chi connectivity index (χ1v) is 6.06. The summed E-state index contributed by atoms with van der Waals surface area (Å²) in [5.41, 5.74) is 11.4. The number of nitrogens with one attached hydrogen (secondary N) is 1. The van der Waals surface area contributed by atoms with Crippen LogP contribution in [0.1, 0.15) is 16.7 Å². The Morgan fingerprint density at radius 3 is 2.72 bits per heavy atom. The van der Waals surface area contributed by atoms with Crippen LogP contribution in [0.15, 0.2) is 18.3 Å². The maximum Gasteiger partial charge on any atom is 0.122 e. The fourth-order valence-electron chi connectivity index (χ4n) is 2.18. The van der Waals surface area contributed by atoms with Gasteiger partial charge in [-0.3, -0.25) is 5.10 Å². The SMILES string of the molecule is COc1ccc(-c2[nH]ncc2CCN)c(C)c1C. The van der Waals surface area contributed by atoms with Crippen molar-refractivity contribution >= 4 is 0 Å². The second-order valence-corrected chi connectivity index (χ2v) is 4.37. The number of benzene rings is 1. The van der Waals surface area contributed by atoms with Gasteiger partial charge >= 0.3 is 0 Å². The number of ether oxygens (including phenoxy) is 1. The summed E-state index contributed by atoms with van der Waals surface area (Å²) in [5.74, 6) is 0.913. The van der Waals surface area contributed by atoms with Crippen LogP contribution in [0.25, 0.3) is 11.3 Å². The van der Waals surface area contributed by atoms with Gasteiger partial charge in [0.2, 0.25) is 0 Å². The van der Waals surface area contributed by atoms with Gasteiger partial charge in [-0.15, -0.1) is 0 Å². The van der Waals surface area contributed by atoms with Crippen LogP contribution in [-0.2, 0) is 6.42 Å². The van der Waals surface area contributed by atoms with Gasteiger partial charge in [0.25, 0.3) is 0 Å². The molecule has 1 aromatic heterocycles. The highest BCUT2D eigenvalue weighted by atomic mass is 16.5.